The van der Waals surface area contributed by atoms with Crippen LogP contribution in [0.15, 0.2) is 66.7 Å². The lowest BCUT2D eigenvalue weighted by Crippen LogP contribution is -2.10. The van der Waals surface area contributed by atoms with Crippen molar-refractivity contribution < 1.29 is 33.6 Å². The van der Waals surface area contributed by atoms with Gasteiger partial charge in [0.25, 0.3) is 0 Å². The third-order valence-electron chi connectivity index (χ3n) is 6.02. The molecule has 0 spiro atoms. The van der Waals surface area contributed by atoms with E-state index >= 15 is 0 Å². The number of aliphatic hydroxyl groups excluding tert-OH is 1. The zero-order chi connectivity index (χ0) is 30.2. The molecule has 10 heteroatoms. The predicted octanol–water partition coefficient (Wildman–Crippen LogP) is 5.05. The molecule has 0 amide bonds. The maximum atomic E-state index is 12.7. The first-order valence-corrected chi connectivity index (χ1v) is 13.6. The van der Waals surface area contributed by atoms with E-state index in [0.29, 0.717) is 52.8 Å². The third-order valence-corrected chi connectivity index (χ3v) is 6.02. The molecule has 0 aliphatic heterocycles. The number of nitrogens with two attached hydrogens (primary N) is 2. The Bertz CT molecular complexity index is 1400. The van der Waals surface area contributed by atoms with Crippen molar-refractivity contribution >= 4 is 29.4 Å². The Hall–Kier alpha value is -5.01. The first kappa shape index (κ1) is 31.5. The van der Waals surface area contributed by atoms with Crippen molar-refractivity contribution in [3.05, 3.63) is 83.4 Å². The number of hydrogen-bond acceptors (Lipinski definition) is 10. The summed E-state index contributed by atoms with van der Waals surface area (Å²) in [5, 5.41) is 18.2. The molecule has 3 aromatic carbocycles. The van der Waals surface area contributed by atoms with Crippen LogP contribution in [0.5, 0.6) is 17.2 Å². The summed E-state index contributed by atoms with van der Waals surface area (Å²) in [6, 6.07) is 18.5. The molecule has 5 N–H and O–H groups in total. The predicted molar refractivity (Wildman–Crippen MR) is 159 cm³/mol. The Balaban J connectivity index is 1.38. The maximum Gasteiger partial charge on any atom is 0.343 e. The van der Waals surface area contributed by atoms with Crippen LogP contribution in [0.2, 0.25) is 0 Å². The lowest BCUT2D eigenvalue weighted by molar-refractivity contribution is -0.137. The normalized spacial score (nSPS) is 10.7. The maximum absolute atomic E-state index is 12.7. The molecule has 0 atom stereocenters. The quantitative estimate of drug-likeness (QED) is 0.0693. The number of benzene rings is 3. The highest BCUT2D eigenvalue weighted by atomic mass is 16.5. The number of aliphatic hydroxyl groups is 1. The number of unbranched alkanes of at least 4 members (excludes halogenated alkanes) is 3. The highest BCUT2D eigenvalue weighted by Crippen LogP contribution is 2.24. The largest absolute Gasteiger partial charge is 0.494 e. The third kappa shape index (κ3) is 10.5. The minimum absolute atomic E-state index is 0.0176. The second kappa shape index (κ2) is 16.9. The molecule has 0 bridgehead atoms. The van der Waals surface area contributed by atoms with Crippen LogP contribution in [0.1, 0.15) is 53.6 Å². The molecule has 0 heterocycles. The van der Waals surface area contributed by atoms with Gasteiger partial charge in [0, 0.05) is 17.3 Å². The molecule has 3 rings (SSSR count). The molecule has 0 unspecified atom stereocenters. The van der Waals surface area contributed by atoms with E-state index in [-0.39, 0.29) is 25.4 Å². The number of nitrogens with zero attached hydrogens (tertiary/aromatic N) is 1. The summed E-state index contributed by atoms with van der Waals surface area (Å²) in [6.07, 6.45) is 6.60. The number of esters is 2. The van der Waals surface area contributed by atoms with Crippen molar-refractivity contribution in [1.29, 1.82) is 5.26 Å². The van der Waals surface area contributed by atoms with E-state index in [9.17, 15) is 14.7 Å². The number of rotatable bonds is 16. The average Bonchev–Trinajstić information content (AvgIpc) is 2.99. The Morgan fingerprint density at radius 3 is 2.26 bits per heavy atom. The van der Waals surface area contributed by atoms with Gasteiger partial charge >= 0.3 is 11.9 Å². The van der Waals surface area contributed by atoms with Crippen LogP contribution in [0.3, 0.4) is 0 Å². The molecule has 0 aliphatic carbocycles. The molecule has 0 aromatic heterocycles. The van der Waals surface area contributed by atoms with Gasteiger partial charge in [-0.2, -0.15) is 5.26 Å². The fourth-order valence-corrected chi connectivity index (χ4v) is 3.81. The molecule has 0 saturated heterocycles. The zero-order valence-corrected chi connectivity index (χ0v) is 23.3. The van der Waals surface area contributed by atoms with E-state index in [1.54, 1.807) is 60.7 Å². The van der Waals surface area contributed by atoms with Gasteiger partial charge in [0.05, 0.1) is 43.6 Å². The average molecular weight is 574 g/mol. The molecule has 0 fully saturated rings. The highest BCUT2D eigenvalue weighted by molar-refractivity contribution is 5.91. The molecular weight excluding hydrogens is 538 g/mol. The standard InChI is InChI=1S/C32H35N3O7/c33-16-5-19-41-31(37)15-7-23-6-13-29(25(20-23)22-36)42-32(38)24-8-11-27(12-9-24)39-17-3-1-2-4-18-40-30-14-10-26(34)21-28(30)35/h6-15,20-21,36H,1-5,17-19,22,34-35H2/b15-7+. The number of nitriles is 1. The van der Waals surface area contributed by atoms with Gasteiger partial charge < -0.3 is 35.5 Å². The van der Waals surface area contributed by atoms with Crippen molar-refractivity contribution in [2.24, 2.45) is 0 Å². The lowest BCUT2D eigenvalue weighted by atomic mass is 10.1. The van der Waals surface area contributed by atoms with Crippen molar-refractivity contribution in [1.82, 2.24) is 0 Å². The monoisotopic (exact) mass is 573 g/mol. The molecule has 3 aromatic rings. The minimum Gasteiger partial charge on any atom is -0.494 e. The molecular formula is C32H35N3O7. The molecule has 0 aliphatic rings. The van der Waals surface area contributed by atoms with Gasteiger partial charge in [0.2, 0.25) is 0 Å². The van der Waals surface area contributed by atoms with Gasteiger partial charge in [-0.1, -0.05) is 6.07 Å². The van der Waals surface area contributed by atoms with Crippen LogP contribution < -0.4 is 25.7 Å². The van der Waals surface area contributed by atoms with E-state index in [2.05, 4.69) is 0 Å². The molecule has 220 valence electrons. The van der Waals surface area contributed by atoms with Crippen LogP contribution in [-0.2, 0) is 16.1 Å². The van der Waals surface area contributed by atoms with Gasteiger partial charge in [-0.3, -0.25) is 0 Å². The zero-order valence-electron chi connectivity index (χ0n) is 23.3. The van der Waals surface area contributed by atoms with Gasteiger partial charge in [0.15, 0.2) is 0 Å². The van der Waals surface area contributed by atoms with Gasteiger partial charge in [0.1, 0.15) is 23.9 Å². The number of nitrogen functional groups attached to an aromatic ring is 2. The fourth-order valence-electron chi connectivity index (χ4n) is 3.81. The molecule has 42 heavy (non-hydrogen) atoms. The number of carbonyl (C=O) groups excluding carboxylic acids is 2. The topological polar surface area (TPSA) is 167 Å². The summed E-state index contributed by atoms with van der Waals surface area (Å²) in [7, 11) is 0. The minimum atomic E-state index is -0.582. The first-order valence-electron chi connectivity index (χ1n) is 13.6. The van der Waals surface area contributed by atoms with Crippen molar-refractivity contribution in [2.75, 3.05) is 31.3 Å². The van der Waals surface area contributed by atoms with Gasteiger partial charge in [-0.05, 0) is 91.9 Å². The fraction of sp³-hybridized carbons (Fsp3) is 0.281. The van der Waals surface area contributed by atoms with Crippen molar-refractivity contribution in [3.63, 3.8) is 0 Å². The van der Waals surface area contributed by atoms with E-state index in [4.69, 9.17) is 35.7 Å². The molecule has 0 radical (unpaired) electrons. The first-order chi connectivity index (χ1) is 20.4. The summed E-state index contributed by atoms with van der Waals surface area (Å²) in [6.45, 7) is 0.778. The van der Waals surface area contributed by atoms with Crippen LogP contribution in [0, 0.1) is 11.3 Å². The smallest absolute Gasteiger partial charge is 0.343 e. The second-order valence-electron chi connectivity index (χ2n) is 9.26. The lowest BCUT2D eigenvalue weighted by Gasteiger charge is -2.11. The summed E-state index contributed by atoms with van der Waals surface area (Å²) in [5.74, 6) is 0.334. The van der Waals surface area contributed by atoms with E-state index in [1.165, 1.54) is 12.2 Å². The number of hydrogen-bond donors (Lipinski definition) is 3. The van der Waals surface area contributed by atoms with E-state index in [0.717, 1.165) is 25.7 Å². The van der Waals surface area contributed by atoms with Crippen LogP contribution >= 0.6 is 0 Å². The van der Waals surface area contributed by atoms with Crippen molar-refractivity contribution in [2.45, 2.75) is 38.7 Å². The highest BCUT2D eigenvalue weighted by Gasteiger charge is 2.12. The van der Waals surface area contributed by atoms with E-state index < -0.39 is 11.9 Å². The second-order valence-corrected chi connectivity index (χ2v) is 9.26. The summed E-state index contributed by atoms with van der Waals surface area (Å²) < 4.78 is 21.8. The molecule has 0 saturated carbocycles. The number of ether oxygens (including phenoxy) is 4. The SMILES string of the molecule is N#CCCOC(=O)/C=C/c1ccc(OC(=O)c2ccc(OCCCCCCOc3ccc(N)cc3N)cc2)c(CO)c1. The van der Waals surface area contributed by atoms with Gasteiger partial charge in [-0.25, -0.2) is 9.59 Å². The Morgan fingerprint density at radius 2 is 1.57 bits per heavy atom. The van der Waals surface area contributed by atoms with Gasteiger partial charge in [-0.15, -0.1) is 0 Å². The Labute approximate surface area is 245 Å². The summed E-state index contributed by atoms with van der Waals surface area (Å²) in [5.41, 5.74) is 14.0. The van der Waals surface area contributed by atoms with Crippen LogP contribution in [0.4, 0.5) is 11.4 Å². The number of carbonyl (C=O) groups is 2. The van der Waals surface area contributed by atoms with Crippen LogP contribution in [-0.4, -0.2) is 36.9 Å². The summed E-state index contributed by atoms with van der Waals surface area (Å²) in [4.78, 5) is 24.3. The van der Waals surface area contributed by atoms with Crippen molar-refractivity contribution in [3.8, 4) is 23.3 Å². The molecule has 10 nitrogen and oxygen atoms in total. The Kier molecular flexibility index (Phi) is 12.7. The summed E-state index contributed by atoms with van der Waals surface area (Å²) >= 11 is 0. The number of anilines is 2. The Morgan fingerprint density at radius 1 is 0.857 bits per heavy atom. The van der Waals surface area contributed by atoms with Crippen LogP contribution in [0.25, 0.3) is 6.08 Å². The van der Waals surface area contributed by atoms with E-state index in [1.807, 2.05) is 6.07 Å².